The number of amides is 1. The van der Waals surface area contributed by atoms with Crippen molar-refractivity contribution >= 4 is 11.9 Å². The maximum atomic E-state index is 13.9. The summed E-state index contributed by atoms with van der Waals surface area (Å²) in [6.45, 7) is 0. The van der Waals surface area contributed by atoms with E-state index in [1.54, 1.807) is 24.5 Å². The van der Waals surface area contributed by atoms with E-state index in [1.807, 2.05) is 12.1 Å². The molecule has 4 aliphatic carbocycles. The first-order valence-electron chi connectivity index (χ1n) is 10.8. The first-order chi connectivity index (χ1) is 14.0. The van der Waals surface area contributed by atoms with Crippen molar-refractivity contribution in [1.29, 1.82) is 0 Å². The molecule has 29 heavy (non-hydrogen) atoms. The van der Waals surface area contributed by atoms with Crippen LogP contribution in [0.1, 0.15) is 44.1 Å². The van der Waals surface area contributed by atoms with Gasteiger partial charge in [0.15, 0.2) is 11.5 Å². The van der Waals surface area contributed by atoms with Gasteiger partial charge in [0.05, 0.1) is 12.5 Å². The average Bonchev–Trinajstić information content (AvgIpc) is 3.31. The quantitative estimate of drug-likeness (QED) is 0.857. The van der Waals surface area contributed by atoms with E-state index in [0.717, 1.165) is 53.7 Å². The maximum Gasteiger partial charge on any atom is 0.262 e. The number of likely N-dealkylation sites (N-methyl/N-ethyl adjacent to an activating group) is 1. The minimum Gasteiger partial charge on any atom is -0.472 e. The number of carbonyl (C=O) groups is 1. The Balaban J connectivity index is 1.56. The van der Waals surface area contributed by atoms with Crippen LogP contribution < -0.4 is 5.73 Å². The summed E-state index contributed by atoms with van der Waals surface area (Å²) in [6, 6.07) is 10.3. The van der Waals surface area contributed by atoms with Gasteiger partial charge in [0.25, 0.3) is 5.91 Å². The molecule has 150 valence electrons. The number of hydrogen-bond donors (Lipinski definition) is 1. The lowest BCUT2D eigenvalue weighted by atomic mass is 9.43. The van der Waals surface area contributed by atoms with Crippen molar-refractivity contribution in [3.63, 3.8) is 0 Å². The lowest BCUT2D eigenvalue weighted by Gasteiger charge is -2.61. The van der Waals surface area contributed by atoms with Gasteiger partial charge in [-0.3, -0.25) is 9.69 Å². The molecule has 4 fully saturated rings. The van der Waals surface area contributed by atoms with Crippen LogP contribution in [0.2, 0.25) is 0 Å². The Morgan fingerprint density at radius 3 is 2.31 bits per heavy atom. The summed E-state index contributed by atoms with van der Waals surface area (Å²) >= 11 is 0. The Bertz CT molecular complexity index is 974. The lowest BCUT2D eigenvalue weighted by molar-refractivity contribution is -0.149. The Labute approximate surface area is 171 Å². The highest BCUT2D eigenvalue weighted by atomic mass is 16.3. The maximum absolute atomic E-state index is 13.9. The second-order valence-electron chi connectivity index (χ2n) is 9.84. The molecular formula is C24H27N3O2. The van der Waals surface area contributed by atoms with Crippen LogP contribution in [0.5, 0.6) is 0 Å². The van der Waals surface area contributed by atoms with Crippen LogP contribution in [-0.2, 0) is 10.3 Å². The molecule has 5 aliphatic rings. The van der Waals surface area contributed by atoms with Gasteiger partial charge in [-0.25, -0.2) is 4.99 Å². The van der Waals surface area contributed by atoms with Crippen molar-refractivity contribution in [1.82, 2.24) is 4.90 Å². The summed E-state index contributed by atoms with van der Waals surface area (Å²) in [4.78, 5) is 20.4. The van der Waals surface area contributed by atoms with Gasteiger partial charge in [-0.15, -0.1) is 0 Å². The summed E-state index contributed by atoms with van der Waals surface area (Å²) in [5.74, 6) is 2.57. The van der Waals surface area contributed by atoms with E-state index in [4.69, 9.17) is 15.1 Å². The Kier molecular flexibility index (Phi) is 3.43. The molecule has 1 unspecified atom stereocenters. The zero-order chi connectivity index (χ0) is 19.8. The molecule has 4 bridgehead atoms. The number of nitrogens with two attached hydrogens (primary N) is 1. The summed E-state index contributed by atoms with van der Waals surface area (Å²) in [7, 11) is 1.77. The van der Waals surface area contributed by atoms with Gasteiger partial charge in [0, 0.05) is 18.0 Å². The molecule has 0 saturated heterocycles. The third-order valence-electron chi connectivity index (χ3n) is 8.18. The molecule has 5 nitrogen and oxygen atoms in total. The second kappa shape index (κ2) is 5.74. The third kappa shape index (κ3) is 2.21. The predicted octanol–water partition coefficient (Wildman–Crippen LogP) is 4.15. The van der Waals surface area contributed by atoms with Crippen LogP contribution in [0.25, 0.3) is 11.1 Å². The zero-order valence-electron chi connectivity index (χ0n) is 16.8. The minimum absolute atomic E-state index is 0.0429. The molecule has 4 saturated carbocycles. The van der Waals surface area contributed by atoms with Crippen LogP contribution in [0.15, 0.2) is 52.3 Å². The highest BCUT2D eigenvalue weighted by Crippen LogP contribution is 2.67. The fourth-order valence-electron chi connectivity index (χ4n) is 7.39. The van der Waals surface area contributed by atoms with Crippen molar-refractivity contribution < 1.29 is 9.21 Å². The predicted molar refractivity (Wildman–Crippen MR) is 111 cm³/mol. The largest absolute Gasteiger partial charge is 0.472 e. The van der Waals surface area contributed by atoms with E-state index in [0.29, 0.717) is 5.96 Å². The smallest absolute Gasteiger partial charge is 0.262 e. The zero-order valence-corrected chi connectivity index (χ0v) is 16.8. The van der Waals surface area contributed by atoms with Crippen LogP contribution in [0.3, 0.4) is 0 Å². The number of rotatable bonds is 3. The number of hydrogen-bond acceptors (Lipinski definition) is 4. The number of aliphatic imine (C=N–C) groups is 1. The van der Waals surface area contributed by atoms with Gasteiger partial charge in [0.1, 0.15) is 0 Å². The van der Waals surface area contributed by atoms with Gasteiger partial charge in [0.2, 0.25) is 0 Å². The molecule has 1 aliphatic heterocycles. The van der Waals surface area contributed by atoms with E-state index in [2.05, 4.69) is 18.2 Å². The van der Waals surface area contributed by atoms with Crippen molar-refractivity contribution in [3.8, 4) is 11.1 Å². The molecular weight excluding hydrogens is 362 g/mol. The number of nitrogens with zero attached hydrogens (tertiary/aromatic N) is 2. The normalized spacial score (nSPS) is 38.0. The van der Waals surface area contributed by atoms with E-state index in [-0.39, 0.29) is 11.3 Å². The standard InChI is InChI=1S/C24H27N3O2/c1-27-21(28)24(26-22(27)25,20-4-2-3-18(10-20)19-5-6-29-14-19)23-11-15-7-16(12-23)9-17(8-15)13-23/h2-6,10,14-17H,7-9,11-13H2,1H3,(H2,25,26). The summed E-state index contributed by atoms with van der Waals surface area (Å²) in [6.07, 6.45) is 10.7. The molecule has 1 atom stereocenters. The summed E-state index contributed by atoms with van der Waals surface area (Å²) in [5.41, 5.74) is 8.30. The van der Waals surface area contributed by atoms with Crippen LogP contribution >= 0.6 is 0 Å². The molecule has 2 N–H and O–H groups in total. The Morgan fingerprint density at radius 1 is 1.07 bits per heavy atom. The van der Waals surface area contributed by atoms with E-state index < -0.39 is 5.54 Å². The van der Waals surface area contributed by atoms with Gasteiger partial charge >= 0.3 is 0 Å². The summed E-state index contributed by atoms with van der Waals surface area (Å²) < 4.78 is 5.29. The van der Waals surface area contributed by atoms with E-state index >= 15 is 0 Å². The topological polar surface area (TPSA) is 71.8 Å². The molecule has 5 heteroatoms. The highest BCUT2D eigenvalue weighted by Gasteiger charge is 2.67. The fourth-order valence-corrected chi connectivity index (χ4v) is 7.39. The van der Waals surface area contributed by atoms with Crippen molar-refractivity contribution in [2.75, 3.05) is 7.05 Å². The first kappa shape index (κ1) is 17.3. The van der Waals surface area contributed by atoms with Crippen molar-refractivity contribution in [2.24, 2.45) is 33.9 Å². The monoisotopic (exact) mass is 389 g/mol. The van der Waals surface area contributed by atoms with E-state index in [1.165, 1.54) is 19.3 Å². The Hall–Kier alpha value is -2.56. The molecule has 7 rings (SSSR count). The number of benzene rings is 1. The second-order valence-corrected chi connectivity index (χ2v) is 9.84. The van der Waals surface area contributed by atoms with Gasteiger partial charge in [-0.05, 0) is 79.5 Å². The Morgan fingerprint density at radius 2 is 1.76 bits per heavy atom. The minimum atomic E-state index is -0.901. The molecule has 1 aromatic heterocycles. The van der Waals surface area contributed by atoms with Crippen molar-refractivity contribution in [3.05, 3.63) is 48.4 Å². The first-order valence-corrected chi connectivity index (χ1v) is 10.8. The summed E-state index contributed by atoms with van der Waals surface area (Å²) in [5, 5.41) is 0. The highest BCUT2D eigenvalue weighted by molar-refractivity contribution is 6.07. The fraction of sp³-hybridized carbons (Fsp3) is 0.500. The number of carbonyl (C=O) groups excluding carboxylic acids is 1. The van der Waals surface area contributed by atoms with Gasteiger partial charge in [-0.2, -0.15) is 0 Å². The van der Waals surface area contributed by atoms with Crippen LogP contribution in [0, 0.1) is 23.2 Å². The molecule has 1 aromatic carbocycles. The number of furan rings is 1. The SMILES string of the molecule is CN1C(=O)C(c2cccc(-c3ccoc3)c2)(C23CC4CC(CC(C4)C2)C3)N=C1N. The van der Waals surface area contributed by atoms with Crippen LogP contribution in [0.4, 0.5) is 0 Å². The van der Waals surface area contributed by atoms with Crippen LogP contribution in [-0.4, -0.2) is 23.8 Å². The average molecular weight is 389 g/mol. The molecule has 2 heterocycles. The van der Waals surface area contributed by atoms with Crippen molar-refractivity contribution in [2.45, 2.75) is 44.1 Å². The molecule has 2 aromatic rings. The van der Waals surface area contributed by atoms with Gasteiger partial charge in [-0.1, -0.05) is 18.2 Å². The van der Waals surface area contributed by atoms with Gasteiger partial charge < -0.3 is 10.2 Å². The molecule has 0 spiro atoms. The number of guanidine groups is 1. The van der Waals surface area contributed by atoms with E-state index in [9.17, 15) is 4.79 Å². The molecule has 1 amide bonds. The lowest BCUT2D eigenvalue weighted by Crippen LogP contribution is -2.59. The third-order valence-corrected chi connectivity index (χ3v) is 8.18. The molecule has 0 radical (unpaired) electrons.